The number of nitro benzene ring substituents is 1. The number of carbonyl (C=O) groups excluding carboxylic acids is 3. The third-order valence-electron chi connectivity index (χ3n) is 6.27. The molecule has 0 radical (unpaired) electrons. The number of rotatable bonds is 11. The van der Waals surface area contributed by atoms with Crippen LogP contribution in [0.4, 0.5) is 17.1 Å². The Labute approximate surface area is 253 Å². The van der Waals surface area contributed by atoms with Gasteiger partial charge in [-0.25, -0.2) is 0 Å². The SMILES string of the molecule is CC(C)c1ccc(NC(=O)CSc2cccc(NC(=O)/C(=C\c3ccc([N+](=O)[O-])cc3)NC(=O)c3ccccc3)c2)cc1. The van der Waals surface area contributed by atoms with Crippen LogP contribution in [0.15, 0.2) is 114 Å². The van der Waals surface area contributed by atoms with E-state index in [2.05, 4.69) is 29.8 Å². The number of anilines is 2. The molecule has 9 nitrogen and oxygen atoms in total. The number of benzene rings is 4. The van der Waals surface area contributed by atoms with Crippen molar-refractivity contribution in [1.82, 2.24) is 5.32 Å². The smallest absolute Gasteiger partial charge is 0.272 e. The van der Waals surface area contributed by atoms with E-state index in [-0.39, 0.29) is 23.0 Å². The van der Waals surface area contributed by atoms with Gasteiger partial charge in [0, 0.05) is 34.0 Å². The van der Waals surface area contributed by atoms with Crippen LogP contribution in [0.5, 0.6) is 0 Å². The largest absolute Gasteiger partial charge is 0.325 e. The van der Waals surface area contributed by atoms with Gasteiger partial charge >= 0.3 is 0 Å². The molecule has 0 aliphatic heterocycles. The second-order valence-electron chi connectivity index (χ2n) is 9.82. The predicted molar refractivity (Wildman–Crippen MR) is 170 cm³/mol. The lowest BCUT2D eigenvalue weighted by Gasteiger charge is -2.12. The van der Waals surface area contributed by atoms with Crippen LogP contribution in [0.25, 0.3) is 6.08 Å². The van der Waals surface area contributed by atoms with Crippen LogP contribution in [0.2, 0.25) is 0 Å². The first-order valence-corrected chi connectivity index (χ1v) is 14.4. The Hall–Kier alpha value is -5.22. The molecule has 0 spiro atoms. The average Bonchev–Trinajstić information content (AvgIpc) is 3.01. The molecule has 0 bridgehead atoms. The highest BCUT2D eigenvalue weighted by Gasteiger charge is 2.16. The molecule has 0 aliphatic carbocycles. The fourth-order valence-electron chi connectivity index (χ4n) is 3.96. The van der Waals surface area contributed by atoms with Crippen molar-refractivity contribution < 1.29 is 19.3 Å². The van der Waals surface area contributed by atoms with Crippen LogP contribution in [0, 0.1) is 10.1 Å². The summed E-state index contributed by atoms with van der Waals surface area (Å²) in [6.07, 6.45) is 1.44. The van der Waals surface area contributed by atoms with E-state index >= 15 is 0 Å². The third-order valence-corrected chi connectivity index (χ3v) is 7.26. The summed E-state index contributed by atoms with van der Waals surface area (Å²) in [7, 11) is 0. The monoisotopic (exact) mass is 594 g/mol. The van der Waals surface area contributed by atoms with E-state index in [4.69, 9.17) is 0 Å². The van der Waals surface area contributed by atoms with E-state index in [1.807, 2.05) is 30.3 Å². The topological polar surface area (TPSA) is 130 Å². The Morgan fingerprint density at radius 2 is 1.53 bits per heavy atom. The lowest BCUT2D eigenvalue weighted by atomic mass is 10.0. The molecule has 4 aromatic carbocycles. The van der Waals surface area contributed by atoms with E-state index in [0.717, 1.165) is 10.6 Å². The Kier molecular flexibility index (Phi) is 10.4. The van der Waals surface area contributed by atoms with Gasteiger partial charge in [0.05, 0.1) is 10.7 Å². The van der Waals surface area contributed by atoms with Crippen molar-refractivity contribution in [1.29, 1.82) is 0 Å². The third kappa shape index (κ3) is 9.14. The summed E-state index contributed by atoms with van der Waals surface area (Å²) in [6.45, 7) is 4.22. The summed E-state index contributed by atoms with van der Waals surface area (Å²) in [5.41, 5.74) is 3.07. The number of nitrogens with one attached hydrogen (secondary N) is 3. The maximum Gasteiger partial charge on any atom is 0.272 e. The first-order chi connectivity index (χ1) is 20.7. The molecule has 0 saturated heterocycles. The summed E-state index contributed by atoms with van der Waals surface area (Å²) < 4.78 is 0. The predicted octanol–water partition coefficient (Wildman–Crippen LogP) is 6.86. The number of hydrogen-bond donors (Lipinski definition) is 3. The van der Waals surface area contributed by atoms with E-state index in [1.54, 1.807) is 48.5 Å². The van der Waals surface area contributed by atoms with Gasteiger partial charge in [-0.1, -0.05) is 50.2 Å². The summed E-state index contributed by atoms with van der Waals surface area (Å²) in [5.74, 6) is -0.664. The number of nitrogens with zero attached hydrogens (tertiary/aromatic N) is 1. The number of thioether (sulfide) groups is 1. The van der Waals surface area contributed by atoms with Crippen molar-refractivity contribution in [2.45, 2.75) is 24.7 Å². The van der Waals surface area contributed by atoms with Gasteiger partial charge in [-0.3, -0.25) is 24.5 Å². The lowest BCUT2D eigenvalue weighted by molar-refractivity contribution is -0.384. The average molecular weight is 595 g/mol. The summed E-state index contributed by atoms with van der Waals surface area (Å²) in [6, 6.07) is 28.8. The van der Waals surface area contributed by atoms with Gasteiger partial charge in [0.15, 0.2) is 0 Å². The standard InChI is InChI=1S/C33H30N4O5S/c1-22(2)24-13-15-26(16-14-24)34-31(38)21-43-29-10-6-9-27(20-29)35-33(40)30(36-32(39)25-7-4-3-5-8-25)19-23-11-17-28(18-12-23)37(41)42/h3-20,22H,21H2,1-2H3,(H,34,38)(H,35,40)(H,36,39)/b30-19+. The van der Waals surface area contributed by atoms with E-state index in [9.17, 15) is 24.5 Å². The zero-order valence-corrected chi connectivity index (χ0v) is 24.4. The highest BCUT2D eigenvalue weighted by Crippen LogP contribution is 2.23. The lowest BCUT2D eigenvalue weighted by Crippen LogP contribution is -2.30. The molecule has 0 heterocycles. The summed E-state index contributed by atoms with van der Waals surface area (Å²) >= 11 is 1.32. The molecule has 218 valence electrons. The van der Waals surface area contributed by atoms with E-state index in [1.165, 1.54) is 47.7 Å². The van der Waals surface area contributed by atoms with E-state index in [0.29, 0.717) is 22.7 Å². The molecule has 43 heavy (non-hydrogen) atoms. The van der Waals surface area contributed by atoms with Crippen molar-refractivity contribution in [3.8, 4) is 0 Å². The van der Waals surface area contributed by atoms with Crippen molar-refractivity contribution in [2.75, 3.05) is 16.4 Å². The minimum Gasteiger partial charge on any atom is -0.325 e. The zero-order valence-electron chi connectivity index (χ0n) is 23.6. The second-order valence-corrected chi connectivity index (χ2v) is 10.9. The maximum atomic E-state index is 13.3. The molecule has 3 N–H and O–H groups in total. The molecule has 4 aromatic rings. The molecule has 0 aromatic heterocycles. The number of amides is 3. The number of hydrogen-bond acceptors (Lipinski definition) is 6. The van der Waals surface area contributed by atoms with Crippen molar-refractivity contribution in [3.63, 3.8) is 0 Å². The zero-order chi connectivity index (χ0) is 30.8. The number of non-ortho nitro benzene ring substituents is 1. The molecular formula is C33H30N4O5S. The van der Waals surface area contributed by atoms with Crippen LogP contribution < -0.4 is 16.0 Å². The summed E-state index contributed by atoms with van der Waals surface area (Å²) in [5, 5.41) is 19.3. The van der Waals surface area contributed by atoms with E-state index < -0.39 is 16.7 Å². The highest BCUT2D eigenvalue weighted by atomic mass is 32.2. The van der Waals surface area contributed by atoms with Gasteiger partial charge in [-0.2, -0.15) is 0 Å². The number of nitro groups is 1. The minimum absolute atomic E-state index is 0.0522. The fraction of sp³-hybridized carbons (Fsp3) is 0.121. The molecule has 0 fully saturated rings. The molecule has 4 rings (SSSR count). The highest BCUT2D eigenvalue weighted by molar-refractivity contribution is 8.00. The van der Waals surface area contributed by atoms with Crippen LogP contribution in [0.1, 0.15) is 41.3 Å². The maximum absolute atomic E-state index is 13.3. The molecule has 0 unspecified atom stereocenters. The van der Waals surface area contributed by atoms with Crippen LogP contribution in [0.3, 0.4) is 0 Å². The quantitative estimate of drug-likeness (QED) is 0.0753. The fourth-order valence-corrected chi connectivity index (χ4v) is 4.72. The van der Waals surface area contributed by atoms with Crippen molar-refractivity contribution in [2.24, 2.45) is 0 Å². The summed E-state index contributed by atoms with van der Waals surface area (Å²) in [4.78, 5) is 50.0. The van der Waals surface area contributed by atoms with Gasteiger partial charge in [-0.15, -0.1) is 11.8 Å². The molecule has 0 atom stereocenters. The van der Waals surface area contributed by atoms with Crippen LogP contribution in [-0.4, -0.2) is 28.4 Å². The van der Waals surface area contributed by atoms with Crippen molar-refractivity contribution >= 4 is 52.6 Å². The van der Waals surface area contributed by atoms with Gasteiger partial charge in [0.2, 0.25) is 5.91 Å². The minimum atomic E-state index is -0.590. The van der Waals surface area contributed by atoms with Crippen LogP contribution in [-0.2, 0) is 9.59 Å². The Morgan fingerprint density at radius 3 is 2.19 bits per heavy atom. The normalized spacial score (nSPS) is 11.1. The van der Waals surface area contributed by atoms with Crippen LogP contribution >= 0.6 is 11.8 Å². The molecule has 10 heteroatoms. The molecule has 3 amide bonds. The van der Waals surface area contributed by atoms with Gasteiger partial charge in [0.1, 0.15) is 5.70 Å². The first-order valence-electron chi connectivity index (χ1n) is 13.4. The van der Waals surface area contributed by atoms with Gasteiger partial charge in [0.25, 0.3) is 17.5 Å². The second kappa shape index (κ2) is 14.6. The van der Waals surface area contributed by atoms with Crippen molar-refractivity contribution in [3.05, 3.63) is 136 Å². The van der Waals surface area contributed by atoms with Gasteiger partial charge in [-0.05, 0) is 77.7 Å². The Morgan fingerprint density at radius 1 is 0.837 bits per heavy atom. The molecular weight excluding hydrogens is 564 g/mol. The Bertz CT molecular complexity index is 1640. The number of carbonyl (C=O) groups is 3. The first kappa shape index (κ1) is 30.7. The molecule has 0 saturated carbocycles. The van der Waals surface area contributed by atoms with Gasteiger partial charge < -0.3 is 16.0 Å². The Balaban J connectivity index is 1.44. The molecule has 0 aliphatic rings.